The van der Waals surface area contributed by atoms with Gasteiger partial charge in [0.15, 0.2) is 11.5 Å². The summed E-state index contributed by atoms with van der Waals surface area (Å²) >= 11 is 0. The largest absolute Gasteiger partial charge is 0.486 e. The summed E-state index contributed by atoms with van der Waals surface area (Å²) in [6, 6.07) is 5.78. The van der Waals surface area contributed by atoms with Gasteiger partial charge >= 0.3 is 0 Å². The second-order valence-electron chi connectivity index (χ2n) is 3.90. The van der Waals surface area contributed by atoms with Gasteiger partial charge in [-0.1, -0.05) is 0 Å². The number of nitrogens with one attached hydrogen (secondary N) is 1. The maximum absolute atomic E-state index is 5.55. The van der Waals surface area contributed by atoms with Gasteiger partial charge < -0.3 is 14.8 Å². The van der Waals surface area contributed by atoms with Gasteiger partial charge in [0.05, 0.1) is 18.1 Å². The van der Waals surface area contributed by atoms with E-state index in [1.54, 1.807) is 12.4 Å². The van der Waals surface area contributed by atoms with Gasteiger partial charge in [-0.2, -0.15) is 0 Å². The van der Waals surface area contributed by atoms with Gasteiger partial charge in [-0.05, 0) is 18.2 Å². The molecule has 0 bridgehead atoms. The molecule has 0 radical (unpaired) electrons. The van der Waals surface area contributed by atoms with Crippen molar-refractivity contribution in [3.05, 3.63) is 30.6 Å². The monoisotopic (exact) mass is 243 g/mol. The van der Waals surface area contributed by atoms with Crippen molar-refractivity contribution in [1.29, 1.82) is 0 Å². The normalized spacial score (nSPS) is 13.2. The molecule has 0 fully saturated rings. The molecule has 0 spiro atoms. The minimum Gasteiger partial charge on any atom is -0.486 e. The van der Waals surface area contributed by atoms with Gasteiger partial charge in [0.25, 0.3) is 0 Å². The highest BCUT2D eigenvalue weighted by molar-refractivity contribution is 5.64. The molecule has 0 atom stereocenters. The zero-order chi connectivity index (χ0) is 12.4. The molecule has 0 saturated carbocycles. The minimum atomic E-state index is 0.582. The first-order valence-electron chi connectivity index (χ1n) is 5.76. The maximum atomic E-state index is 5.55. The first kappa shape index (κ1) is 10.8. The van der Waals surface area contributed by atoms with Crippen LogP contribution in [0, 0.1) is 0 Å². The van der Waals surface area contributed by atoms with Gasteiger partial charge in [0, 0.05) is 12.6 Å². The minimum absolute atomic E-state index is 0.582. The van der Waals surface area contributed by atoms with E-state index in [1.165, 1.54) is 0 Å². The average molecular weight is 243 g/mol. The predicted octanol–water partition coefficient (Wildman–Crippen LogP) is 1.96. The lowest BCUT2D eigenvalue weighted by Gasteiger charge is -2.18. The number of aromatic nitrogens is 2. The van der Waals surface area contributed by atoms with E-state index in [9.17, 15) is 0 Å². The van der Waals surface area contributed by atoms with E-state index in [2.05, 4.69) is 15.3 Å². The zero-order valence-corrected chi connectivity index (χ0v) is 10.0. The standard InChI is InChI=1S/C13H13N3O2/c1-14-13-8-15-7-10(16-13)9-2-3-11-12(6-9)18-5-4-17-11/h2-3,6-8H,4-5H2,1H3,(H,14,16). The second kappa shape index (κ2) is 4.52. The van der Waals surface area contributed by atoms with Gasteiger partial charge in [0.2, 0.25) is 0 Å². The van der Waals surface area contributed by atoms with Crippen LogP contribution < -0.4 is 14.8 Å². The molecular formula is C13H13N3O2. The molecule has 1 aromatic heterocycles. The lowest BCUT2D eigenvalue weighted by Crippen LogP contribution is -2.15. The van der Waals surface area contributed by atoms with E-state index >= 15 is 0 Å². The number of anilines is 1. The molecule has 0 saturated heterocycles. The highest BCUT2D eigenvalue weighted by Gasteiger charge is 2.13. The molecule has 5 nitrogen and oxygen atoms in total. The Morgan fingerprint density at radius 3 is 2.78 bits per heavy atom. The molecule has 2 aromatic rings. The third kappa shape index (κ3) is 1.95. The highest BCUT2D eigenvalue weighted by atomic mass is 16.6. The van der Waals surface area contributed by atoms with Crippen molar-refractivity contribution >= 4 is 5.82 Å². The summed E-state index contributed by atoms with van der Waals surface area (Å²) < 4.78 is 11.0. The molecule has 1 aromatic carbocycles. The van der Waals surface area contributed by atoms with Crippen molar-refractivity contribution in [3.63, 3.8) is 0 Å². The Hall–Kier alpha value is -2.30. The van der Waals surface area contributed by atoms with Crippen LogP contribution in [-0.2, 0) is 0 Å². The fourth-order valence-corrected chi connectivity index (χ4v) is 1.83. The summed E-state index contributed by atoms with van der Waals surface area (Å²) in [6.07, 6.45) is 3.41. The van der Waals surface area contributed by atoms with Crippen molar-refractivity contribution in [2.24, 2.45) is 0 Å². The number of hydrogen-bond acceptors (Lipinski definition) is 5. The lowest BCUT2D eigenvalue weighted by atomic mass is 10.1. The Morgan fingerprint density at radius 1 is 1.11 bits per heavy atom. The van der Waals surface area contributed by atoms with Crippen LogP contribution in [0.2, 0.25) is 0 Å². The Balaban J connectivity index is 2.00. The van der Waals surface area contributed by atoms with Crippen molar-refractivity contribution in [2.75, 3.05) is 25.6 Å². The Morgan fingerprint density at radius 2 is 1.94 bits per heavy atom. The molecule has 92 valence electrons. The van der Waals surface area contributed by atoms with Crippen LogP contribution in [0.1, 0.15) is 0 Å². The smallest absolute Gasteiger partial charge is 0.162 e. The Kier molecular flexibility index (Phi) is 2.72. The predicted molar refractivity (Wildman–Crippen MR) is 68.0 cm³/mol. The van der Waals surface area contributed by atoms with E-state index in [0.29, 0.717) is 13.2 Å². The summed E-state index contributed by atoms with van der Waals surface area (Å²) in [5.74, 6) is 2.28. The zero-order valence-electron chi connectivity index (χ0n) is 10.0. The van der Waals surface area contributed by atoms with Crippen molar-refractivity contribution in [3.8, 4) is 22.8 Å². The number of benzene rings is 1. The van der Waals surface area contributed by atoms with Crippen LogP contribution >= 0.6 is 0 Å². The number of fused-ring (bicyclic) bond motifs is 1. The third-order valence-electron chi connectivity index (χ3n) is 2.73. The van der Waals surface area contributed by atoms with Crippen LogP contribution in [0.15, 0.2) is 30.6 Å². The van der Waals surface area contributed by atoms with Crippen LogP contribution in [0.5, 0.6) is 11.5 Å². The second-order valence-corrected chi connectivity index (χ2v) is 3.90. The molecule has 18 heavy (non-hydrogen) atoms. The van der Waals surface area contributed by atoms with E-state index in [1.807, 2.05) is 25.2 Å². The van der Waals surface area contributed by atoms with Crippen molar-refractivity contribution in [1.82, 2.24) is 9.97 Å². The molecule has 1 aliphatic rings. The van der Waals surface area contributed by atoms with Gasteiger partial charge in [-0.15, -0.1) is 0 Å². The Labute approximate surface area is 105 Å². The lowest BCUT2D eigenvalue weighted by molar-refractivity contribution is 0.171. The van der Waals surface area contributed by atoms with E-state index in [-0.39, 0.29) is 0 Å². The highest BCUT2D eigenvalue weighted by Crippen LogP contribution is 2.33. The molecule has 5 heteroatoms. The molecule has 1 N–H and O–H groups in total. The molecular weight excluding hydrogens is 230 g/mol. The van der Waals surface area contributed by atoms with Crippen LogP contribution in [0.25, 0.3) is 11.3 Å². The fourth-order valence-electron chi connectivity index (χ4n) is 1.83. The number of nitrogens with zero attached hydrogens (tertiary/aromatic N) is 2. The summed E-state index contributed by atoms with van der Waals surface area (Å²) in [7, 11) is 1.82. The Bertz CT molecular complexity index is 572. The summed E-state index contributed by atoms with van der Waals surface area (Å²) in [5.41, 5.74) is 1.77. The van der Waals surface area contributed by atoms with Gasteiger partial charge in [0.1, 0.15) is 19.0 Å². The maximum Gasteiger partial charge on any atom is 0.162 e. The van der Waals surface area contributed by atoms with Gasteiger partial charge in [-0.3, -0.25) is 4.98 Å². The number of hydrogen-bond donors (Lipinski definition) is 1. The third-order valence-corrected chi connectivity index (χ3v) is 2.73. The van der Waals surface area contributed by atoms with Crippen molar-refractivity contribution < 1.29 is 9.47 Å². The first-order valence-corrected chi connectivity index (χ1v) is 5.76. The number of ether oxygens (including phenoxy) is 2. The molecule has 2 heterocycles. The molecule has 0 unspecified atom stereocenters. The van der Waals surface area contributed by atoms with Crippen LogP contribution in [-0.4, -0.2) is 30.2 Å². The van der Waals surface area contributed by atoms with E-state index in [4.69, 9.17) is 9.47 Å². The van der Waals surface area contributed by atoms with Gasteiger partial charge in [-0.25, -0.2) is 4.98 Å². The fraction of sp³-hybridized carbons (Fsp3) is 0.231. The number of rotatable bonds is 2. The quantitative estimate of drug-likeness (QED) is 0.873. The van der Waals surface area contributed by atoms with E-state index in [0.717, 1.165) is 28.6 Å². The summed E-state index contributed by atoms with van der Waals surface area (Å²) in [6.45, 7) is 1.18. The average Bonchev–Trinajstić information content (AvgIpc) is 2.47. The SMILES string of the molecule is CNc1cncc(-c2ccc3c(c2)OCCO3)n1. The van der Waals surface area contributed by atoms with Crippen molar-refractivity contribution in [2.45, 2.75) is 0 Å². The molecule has 0 aliphatic carbocycles. The topological polar surface area (TPSA) is 56.3 Å². The van der Waals surface area contributed by atoms with Crippen LogP contribution in [0.3, 0.4) is 0 Å². The molecule has 1 aliphatic heterocycles. The van der Waals surface area contributed by atoms with E-state index < -0.39 is 0 Å². The first-order chi connectivity index (χ1) is 8.86. The summed E-state index contributed by atoms with van der Waals surface area (Å²) in [5, 5.41) is 2.97. The van der Waals surface area contributed by atoms with Crippen LogP contribution in [0.4, 0.5) is 5.82 Å². The molecule has 0 amide bonds. The summed E-state index contributed by atoms with van der Waals surface area (Å²) in [4.78, 5) is 8.59. The molecule has 3 rings (SSSR count).